The Morgan fingerprint density at radius 3 is 2.63 bits per heavy atom. The van der Waals surface area contributed by atoms with Crippen molar-refractivity contribution in [1.29, 1.82) is 0 Å². The molecule has 0 amide bonds. The maximum atomic E-state index is 5.71. The van der Waals surface area contributed by atoms with Gasteiger partial charge in [-0.2, -0.15) is 4.68 Å². The van der Waals surface area contributed by atoms with E-state index < -0.39 is 0 Å². The Labute approximate surface area is 110 Å². The molecule has 5 nitrogen and oxygen atoms in total. The molecule has 0 unspecified atom stereocenters. The van der Waals surface area contributed by atoms with Crippen LogP contribution in [0.1, 0.15) is 5.56 Å². The summed E-state index contributed by atoms with van der Waals surface area (Å²) in [5.74, 6) is 0.715. The Morgan fingerprint density at radius 2 is 1.84 bits per heavy atom. The first-order valence-corrected chi connectivity index (χ1v) is 5.91. The van der Waals surface area contributed by atoms with E-state index in [1.165, 1.54) is 0 Å². The van der Waals surface area contributed by atoms with E-state index in [4.69, 9.17) is 4.74 Å². The number of rotatable bonds is 3. The van der Waals surface area contributed by atoms with Gasteiger partial charge in [-0.25, -0.2) is 0 Å². The molecule has 19 heavy (non-hydrogen) atoms. The molecule has 5 heteroatoms. The van der Waals surface area contributed by atoms with E-state index >= 15 is 0 Å². The van der Waals surface area contributed by atoms with Gasteiger partial charge >= 0.3 is 6.01 Å². The van der Waals surface area contributed by atoms with E-state index in [1.54, 1.807) is 4.68 Å². The molecule has 0 atom stereocenters. The Morgan fingerprint density at radius 1 is 1.00 bits per heavy atom. The zero-order valence-corrected chi connectivity index (χ0v) is 10.4. The van der Waals surface area contributed by atoms with Crippen molar-refractivity contribution >= 4 is 0 Å². The smallest absolute Gasteiger partial charge is 0.345 e. The maximum Gasteiger partial charge on any atom is 0.345 e. The minimum absolute atomic E-state index is 0.344. The lowest BCUT2D eigenvalue weighted by atomic mass is 10.2. The van der Waals surface area contributed by atoms with Gasteiger partial charge in [0.15, 0.2) is 0 Å². The number of nitrogens with zero attached hydrogens (tertiary/aromatic N) is 4. The van der Waals surface area contributed by atoms with Gasteiger partial charge in [0.25, 0.3) is 0 Å². The lowest BCUT2D eigenvalue weighted by Crippen LogP contribution is -2.00. The number of aromatic nitrogens is 4. The number of ether oxygens (including phenoxy) is 1. The second-order valence-electron chi connectivity index (χ2n) is 4.13. The molecule has 0 bridgehead atoms. The molecular formula is C14H12N4O. The zero-order valence-electron chi connectivity index (χ0n) is 10.4. The first-order valence-electron chi connectivity index (χ1n) is 5.91. The number of tetrazole rings is 1. The third-order valence-corrected chi connectivity index (χ3v) is 2.64. The molecule has 0 fully saturated rings. The van der Waals surface area contributed by atoms with Crippen LogP contribution in [0.5, 0.6) is 11.8 Å². The lowest BCUT2D eigenvalue weighted by molar-refractivity contribution is 0.427. The van der Waals surface area contributed by atoms with Crippen LogP contribution in [0.2, 0.25) is 0 Å². The molecule has 0 aliphatic carbocycles. The molecule has 0 saturated heterocycles. The summed E-state index contributed by atoms with van der Waals surface area (Å²) in [5, 5.41) is 11.5. The molecular weight excluding hydrogens is 240 g/mol. The predicted octanol–water partition coefficient (Wildman–Crippen LogP) is 2.76. The van der Waals surface area contributed by atoms with Gasteiger partial charge in [-0.05, 0) is 47.2 Å². The second kappa shape index (κ2) is 4.89. The maximum absolute atomic E-state index is 5.71. The van der Waals surface area contributed by atoms with Crippen LogP contribution >= 0.6 is 0 Å². The van der Waals surface area contributed by atoms with Gasteiger partial charge in [0.1, 0.15) is 5.75 Å². The van der Waals surface area contributed by atoms with Crippen molar-refractivity contribution in [2.75, 3.05) is 0 Å². The van der Waals surface area contributed by atoms with Crippen molar-refractivity contribution in [3.05, 3.63) is 60.2 Å². The summed E-state index contributed by atoms with van der Waals surface area (Å²) in [6.45, 7) is 2.01. The monoisotopic (exact) mass is 252 g/mol. The molecule has 0 aliphatic rings. The first-order chi connectivity index (χ1) is 9.33. The third-order valence-electron chi connectivity index (χ3n) is 2.64. The summed E-state index contributed by atoms with van der Waals surface area (Å²) in [7, 11) is 0. The highest BCUT2D eigenvalue weighted by Crippen LogP contribution is 2.21. The molecule has 3 rings (SSSR count). The molecule has 3 aromatic rings. The van der Waals surface area contributed by atoms with Crippen LogP contribution in [0, 0.1) is 6.92 Å². The average Bonchev–Trinajstić information content (AvgIpc) is 2.88. The number of hydrogen-bond donors (Lipinski definition) is 0. The van der Waals surface area contributed by atoms with Crippen molar-refractivity contribution in [1.82, 2.24) is 20.2 Å². The van der Waals surface area contributed by atoms with Crippen molar-refractivity contribution < 1.29 is 4.74 Å². The van der Waals surface area contributed by atoms with Crippen molar-refractivity contribution in [2.45, 2.75) is 6.92 Å². The summed E-state index contributed by atoms with van der Waals surface area (Å²) in [5.41, 5.74) is 1.98. The quantitative estimate of drug-likeness (QED) is 0.719. The standard InChI is InChI=1S/C14H12N4O/c1-11-6-5-9-13(10-11)19-14-15-16-17-18(14)12-7-3-2-4-8-12/h2-10H,1H3. The predicted molar refractivity (Wildman–Crippen MR) is 70.4 cm³/mol. The van der Waals surface area contributed by atoms with Crippen LogP contribution in [-0.4, -0.2) is 20.2 Å². The van der Waals surface area contributed by atoms with E-state index in [-0.39, 0.29) is 0 Å². The summed E-state index contributed by atoms with van der Waals surface area (Å²) < 4.78 is 7.27. The first kappa shape index (κ1) is 11.4. The van der Waals surface area contributed by atoms with Crippen molar-refractivity contribution in [3.63, 3.8) is 0 Å². The van der Waals surface area contributed by atoms with Gasteiger partial charge in [0, 0.05) is 0 Å². The molecule has 0 N–H and O–H groups in total. The van der Waals surface area contributed by atoms with Crippen LogP contribution in [0.25, 0.3) is 5.69 Å². The fourth-order valence-electron chi connectivity index (χ4n) is 1.76. The Kier molecular flexibility index (Phi) is 2.94. The SMILES string of the molecule is Cc1cccc(Oc2nnnn2-c2ccccc2)c1. The lowest BCUT2D eigenvalue weighted by Gasteiger charge is -2.06. The zero-order chi connectivity index (χ0) is 13.1. The summed E-state index contributed by atoms with van der Waals surface area (Å²) >= 11 is 0. The van der Waals surface area contributed by atoms with Crippen molar-refractivity contribution in [2.24, 2.45) is 0 Å². The van der Waals surface area contributed by atoms with Gasteiger partial charge in [0.05, 0.1) is 5.69 Å². The summed E-state index contributed by atoms with van der Waals surface area (Å²) in [6.07, 6.45) is 0. The fourth-order valence-corrected chi connectivity index (χ4v) is 1.76. The molecule has 1 heterocycles. The molecule has 94 valence electrons. The van der Waals surface area contributed by atoms with Crippen LogP contribution in [0.15, 0.2) is 54.6 Å². The summed E-state index contributed by atoms with van der Waals surface area (Å²) in [4.78, 5) is 0. The minimum atomic E-state index is 0.344. The fraction of sp³-hybridized carbons (Fsp3) is 0.0714. The van der Waals surface area contributed by atoms with Crippen LogP contribution in [0.4, 0.5) is 0 Å². The average molecular weight is 252 g/mol. The van der Waals surface area contributed by atoms with Gasteiger partial charge in [-0.3, -0.25) is 0 Å². The number of hydrogen-bond acceptors (Lipinski definition) is 4. The van der Waals surface area contributed by atoms with Gasteiger partial charge in [-0.15, -0.1) is 0 Å². The highest BCUT2D eigenvalue weighted by atomic mass is 16.5. The molecule has 0 radical (unpaired) electrons. The van der Waals surface area contributed by atoms with Crippen LogP contribution < -0.4 is 4.74 Å². The third kappa shape index (κ3) is 2.44. The molecule has 1 aromatic heterocycles. The van der Waals surface area contributed by atoms with E-state index in [0.29, 0.717) is 11.8 Å². The molecule has 0 aliphatic heterocycles. The minimum Gasteiger partial charge on any atom is -0.423 e. The number of benzene rings is 2. The topological polar surface area (TPSA) is 52.8 Å². The highest BCUT2D eigenvalue weighted by molar-refractivity contribution is 5.34. The molecule has 2 aromatic carbocycles. The van der Waals surface area contributed by atoms with Crippen LogP contribution in [-0.2, 0) is 0 Å². The van der Waals surface area contributed by atoms with E-state index in [1.807, 2.05) is 61.5 Å². The normalized spacial score (nSPS) is 10.4. The number of aryl methyl sites for hydroxylation is 1. The van der Waals surface area contributed by atoms with E-state index in [2.05, 4.69) is 15.5 Å². The molecule has 0 saturated carbocycles. The molecule has 0 spiro atoms. The van der Waals surface area contributed by atoms with Crippen molar-refractivity contribution in [3.8, 4) is 17.4 Å². The Balaban J connectivity index is 1.93. The van der Waals surface area contributed by atoms with Crippen LogP contribution in [0.3, 0.4) is 0 Å². The van der Waals surface area contributed by atoms with E-state index in [9.17, 15) is 0 Å². The van der Waals surface area contributed by atoms with E-state index in [0.717, 1.165) is 11.3 Å². The van der Waals surface area contributed by atoms with Gasteiger partial charge < -0.3 is 4.74 Å². The largest absolute Gasteiger partial charge is 0.423 e. The number of para-hydroxylation sites is 1. The second-order valence-corrected chi connectivity index (χ2v) is 4.13. The summed E-state index contributed by atoms with van der Waals surface area (Å²) in [6, 6.07) is 17.7. The van der Waals surface area contributed by atoms with Gasteiger partial charge in [-0.1, -0.05) is 35.4 Å². The Hall–Kier alpha value is -2.69. The van der Waals surface area contributed by atoms with Gasteiger partial charge in [0.2, 0.25) is 0 Å². The highest BCUT2D eigenvalue weighted by Gasteiger charge is 2.10. The Bertz CT molecular complexity index is 679.